The third-order valence-corrected chi connectivity index (χ3v) is 1.19. The fraction of sp³-hybridized carbons (Fsp3) is 0.167. The van der Waals surface area contributed by atoms with Crippen molar-refractivity contribution in [1.29, 1.82) is 0 Å². The van der Waals surface area contributed by atoms with E-state index in [0.29, 0.717) is 0 Å². The Morgan fingerprint density at radius 1 is 1.64 bits per heavy atom. The summed E-state index contributed by atoms with van der Waals surface area (Å²) in [5, 5.41) is 10.1. The first-order valence-corrected chi connectivity index (χ1v) is 2.89. The molecule has 0 saturated carbocycles. The molecule has 58 valence electrons. The minimum atomic E-state index is -0.660. The SMILES string of the molecule is Cc1nc([N+](=O)[O-])ccc1F. The number of aryl methyl sites for hydroxylation is 1. The van der Waals surface area contributed by atoms with E-state index in [-0.39, 0.29) is 11.5 Å². The highest BCUT2D eigenvalue weighted by atomic mass is 19.1. The van der Waals surface area contributed by atoms with Gasteiger partial charge in [0.15, 0.2) is 11.5 Å². The fourth-order valence-corrected chi connectivity index (χ4v) is 0.632. The molecule has 4 nitrogen and oxygen atoms in total. The van der Waals surface area contributed by atoms with E-state index in [1.54, 1.807) is 0 Å². The Morgan fingerprint density at radius 3 is 2.73 bits per heavy atom. The Kier molecular flexibility index (Phi) is 1.80. The van der Waals surface area contributed by atoms with Gasteiger partial charge in [-0.05, 0) is 16.0 Å². The normalized spacial score (nSPS) is 9.64. The van der Waals surface area contributed by atoms with Crippen molar-refractivity contribution in [2.45, 2.75) is 6.92 Å². The lowest BCUT2D eigenvalue weighted by Gasteiger charge is -1.91. The zero-order chi connectivity index (χ0) is 8.43. The Bertz CT molecular complexity index is 301. The summed E-state index contributed by atoms with van der Waals surface area (Å²) in [4.78, 5) is 12.8. The second-order valence-corrected chi connectivity index (χ2v) is 1.99. The van der Waals surface area contributed by atoms with Crippen molar-refractivity contribution >= 4 is 5.82 Å². The van der Waals surface area contributed by atoms with Gasteiger partial charge in [-0.15, -0.1) is 0 Å². The summed E-state index contributed by atoms with van der Waals surface area (Å²) in [6.07, 6.45) is 0. The molecule has 1 aromatic heterocycles. The van der Waals surface area contributed by atoms with Gasteiger partial charge >= 0.3 is 5.82 Å². The van der Waals surface area contributed by atoms with Crippen LogP contribution in [0.2, 0.25) is 0 Å². The molecule has 0 amide bonds. The number of nitrogens with zero attached hydrogens (tertiary/aromatic N) is 2. The monoisotopic (exact) mass is 156 g/mol. The Morgan fingerprint density at radius 2 is 2.27 bits per heavy atom. The number of nitro groups is 1. The van der Waals surface area contributed by atoms with Crippen LogP contribution in [0.3, 0.4) is 0 Å². The van der Waals surface area contributed by atoms with Gasteiger partial charge in [0.25, 0.3) is 0 Å². The van der Waals surface area contributed by atoms with Crippen LogP contribution >= 0.6 is 0 Å². The van der Waals surface area contributed by atoms with Crippen molar-refractivity contribution in [2.24, 2.45) is 0 Å². The first-order valence-electron chi connectivity index (χ1n) is 2.89. The van der Waals surface area contributed by atoms with E-state index < -0.39 is 10.7 Å². The summed E-state index contributed by atoms with van der Waals surface area (Å²) < 4.78 is 12.5. The summed E-state index contributed by atoms with van der Waals surface area (Å²) in [5.41, 5.74) is 0.0409. The van der Waals surface area contributed by atoms with Crippen molar-refractivity contribution < 1.29 is 9.31 Å². The molecule has 0 spiro atoms. The molecule has 1 heterocycles. The molecule has 0 N–H and O–H groups in total. The number of hydrogen-bond donors (Lipinski definition) is 0. The maximum absolute atomic E-state index is 12.5. The van der Waals surface area contributed by atoms with Crippen molar-refractivity contribution in [1.82, 2.24) is 4.98 Å². The molecule has 0 aromatic carbocycles. The van der Waals surface area contributed by atoms with Gasteiger partial charge in [-0.25, -0.2) is 4.39 Å². The second-order valence-electron chi connectivity index (χ2n) is 1.99. The van der Waals surface area contributed by atoms with E-state index in [4.69, 9.17) is 0 Å². The van der Waals surface area contributed by atoms with Crippen molar-refractivity contribution in [3.05, 3.63) is 33.8 Å². The highest BCUT2D eigenvalue weighted by Crippen LogP contribution is 2.09. The Hall–Kier alpha value is -1.52. The molecule has 0 radical (unpaired) electrons. The number of hydrogen-bond acceptors (Lipinski definition) is 3. The number of rotatable bonds is 1. The van der Waals surface area contributed by atoms with E-state index in [9.17, 15) is 14.5 Å². The van der Waals surface area contributed by atoms with Gasteiger partial charge in [0.1, 0.15) is 0 Å². The molecule has 0 aliphatic heterocycles. The van der Waals surface area contributed by atoms with E-state index >= 15 is 0 Å². The third-order valence-electron chi connectivity index (χ3n) is 1.19. The van der Waals surface area contributed by atoms with Crippen LogP contribution in [0.15, 0.2) is 12.1 Å². The average Bonchev–Trinajstić information content (AvgIpc) is 1.94. The first-order chi connectivity index (χ1) is 5.11. The van der Waals surface area contributed by atoms with Gasteiger partial charge in [0, 0.05) is 13.0 Å². The van der Waals surface area contributed by atoms with Gasteiger partial charge in [-0.3, -0.25) is 0 Å². The molecule has 5 heteroatoms. The number of aromatic nitrogens is 1. The highest BCUT2D eigenvalue weighted by molar-refractivity contribution is 5.21. The van der Waals surface area contributed by atoms with Gasteiger partial charge in [0.2, 0.25) is 0 Å². The number of pyridine rings is 1. The molecule has 0 saturated heterocycles. The van der Waals surface area contributed by atoms with E-state index in [1.165, 1.54) is 6.92 Å². The lowest BCUT2D eigenvalue weighted by atomic mass is 10.3. The van der Waals surface area contributed by atoms with Gasteiger partial charge in [0.05, 0.1) is 0 Å². The standard InChI is InChI=1S/C6H5FN2O2/c1-4-5(7)2-3-6(8-4)9(10)11/h2-3H,1H3. The van der Waals surface area contributed by atoms with Crippen molar-refractivity contribution in [3.8, 4) is 0 Å². The smallest absolute Gasteiger partial charge is 0.358 e. The van der Waals surface area contributed by atoms with Crippen LogP contribution in [-0.2, 0) is 0 Å². The molecule has 0 atom stereocenters. The zero-order valence-corrected chi connectivity index (χ0v) is 5.74. The maximum atomic E-state index is 12.5. The van der Waals surface area contributed by atoms with Crippen molar-refractivity contribution in [3.63, 3.8) is 0 Å². The van der Waals surface area contributed by atoms with Crippen LogP contribution in [-0.4, -0.2) is 9.91 Å². The predicted molar refractivity (Wildman–Crippen MR) is 35.6 cm³/mol. The molecular weight excluding hydrogens is 151 g/mol. The maximum Gasteiger partial charge on any atom is 0.363 e. The summed E-state index contributed by atoms with van der Waals surface area (Å²) >= 11 is 0. The molecule has 11 heavy (non-hydrogen) atoms. The molecule has 0 aliphatic carbocycles. The van der Waals surface area contributed by atoms with Gasteiger partial charge in [-0.2, -0.15) is 0 Å². The predicted octanol–water partition coefficient (Wildman–Crippen LogP) is 1.44. The molecule has 0 bridgehead atoms. The van der Waals surface area contributed by atoms with E-state index in [2.05, 4.69) is 4.98 Å². The molecular formula is C6H5FN2O2. The van der Waals surface area contributed by atoms with Crippen molar-refractivity contribution in [2.75, 3.05) is 0 Å². The van der Waals surface area contributed by atoms with Crippen LogP contribution in [0.1, 0.15) is 5.69 Å². The summed E-state index contributed by atoms with van der Waals surface area (Å²) in [7, 11) is 0. The zero-order valence-electron chi connectivity index (χ0n) is 5.74. The average molecular weight is 156 g/mol. The quantitative estimate of drug-likeness (QED) is 0.456. The lowest BCUT2D eigenvalue weighted by Crippen LogP contribution is -1.95. The minimum absolute atomic E-state index is 0.0409. The van der Waals surface area contributed by atoms with Gasteiger partial charge < -0.3 is 10.1 Å². The topological polar surface area (TPSA) is 56.0 Å². The van der Waals surface area contributed by atoms with Crippen LogP contribution in [0, 0.1) is 22.9 Å². The Labute approximate surface area is 61.8 Å². The number of halogens is 1. The van der Waals surface area contributed by atoms with Crippen LogP contribution in [0.5, 0.6) is 0 Å². The second kappa shape index (κ2) is 2.61. The summed E-state index contributed by atoms with van der Waals surface area (Å²) in [6, 6.07) is 2.06. The first kappa shape index (κ1) is 7.59. The largest absolute Gasteiger partial charge is 0.363 e. The molecule has 0 unspecified atom stereocenters. The van der Waals surface area contributed by atoms with Gasteiger partial charge in [-0.1, -0.05) is 0 Å². The van der Waals surface area contributed by atoms with Crippen LogP contribution in [0.4, 0.5) is 10.2 Å². The van der Waals surface area contributed by atoms with Crippen LogP contribution < -0.4 is 0 Å². The summed E-state index contributed by atoms with van der Waals surface area (Å²) in [6.45, 7) is 1.38. The minimum Gasteiger partial charge on any atom is -0.358 e. The van der Waals surface area contributed by atoms with Crippen LogP contribution in [0.25, 0.3) is 0 Å². The lowest BCUT2D eigenvalue weighted by molar-refractivity contribution is -0.389. The molecule has 0 aliphatic rings. The molecule has 0 fully saturated rings. The van der Waals surface area contributed by atoms with E-state index in [0.717, 1.165) is 12.1 Å². The summed E-state index contributed by atoms with van der Waals surface area (Å²) in [5.74, 6) is -0.862. The molecule has 1 rings (SSSR count). The molecule has 1 aromatic rings. The third kappa shape index (κ3) is 1.49. The highest BCUT2D eigenvalue weighted by Gasteiger charge is 2.10. The fourth-order valence-electron chi connectivity index (χ4n) is 0.632. The van der Waals surface area contributed by atoms with E-state index in [1.807, 2.05) is 0 Å². The Balaban J connectivity index is 3.15.